The van der Waals surface area contributed by atoms with Crippen LogP contribution < -0.4 is 5.32 Å². The van der Waals surface area contributed by atoms with Crippen LogP contribution in [-0.2, 0) is 9.47 Å². The Kier molecular flexibility index (Phi) is 4.72. The molecule has 1 heterocycles. The van der Waals surface area contributed by atoms with E-state index in [0.717, 1.165) is 6.54 Å². The van der Waals surface area contributed by atoms with E-state index in [1.54, 1.807) is 7.11 Å². The van der Waals surface area contributed by atoms with Crippen LogP contribution in [0.1, 0.15) is 11.6 Å². The normalized spacial score (nSPS) is 19.2. The quantitative estimate of drug-likeness (QED) is 0.758. The molecule has 1 saturated heterocycles. The third kappa shape index (κ3) is 3.09. The lowest BCUT2D eigenvalue weighted by Gasteiger charge is -2.41. The minimum absolute atomic E-state index is 0.110. The van der Waals surface area contributed by atoms with Crippen molar-refractivity contribution in [2.75, 3.05) is 40.1 Å². The highest BCUT2D eigenvalue weighted by atomic mass is 16.5. The fraction of sp³-hybridized carbons (Fsp3) is 0.571. The smallest absolute Gasteiger partial charge is 0.0657 e. The van der Waals surface area contributed by atoms with E-state index in [0.29, 0.717) is 19.8 Å². The summed E-state index contributed by atoms with van der Waals surface area (Å²) in [4.78, 5) is 0. The Hall–Kier alpha value is -0.940. The van der Waals surface area contributed by atoms with Crippen molar-refractivity contribution in [2.45, 2.75) is 6.04 Å². The second-order valence-corrected chi connectivity index (χ2v) is 4.95. The molecule has 1 fully saturated rings. The van der Waals surface area contributed by atoms with E-state index in [1.165, 1.54) is 5.56 Å². The molecule has 4 nitrogen and oxygen atoms in total. The molecule has 100 valence electrons. The topological polar surface area (TPSA) is 50.7 Å². The summed E-state index contributed by atoms with van der Waals surface area (Å²) in [5.74, 6) is 0. The Bertz CT molecular complexity index is 346. The molecule has 0 aliphatic carbocycles. The van der Waals surface area contributed by atoms with E-state index < -0.39 is 0 Å². The van der Waals surface area contributed by atoms with Gasteiger partial charge in [0.1, 0.15) is 0 Å². The molecule has 1 aromatic carbocycles. The third-order valence-electron chi connectivity index (χ3n) is 3.41. The molecule has 0 radical (unpaired) electrons. The molecule has 4 heteroatoms. The number of ether oxygens (including phenoxy) is 2. The molecule has 0 amide bonds. The van der Waals surface area contributed by atoms with Gasteiger partial charge < -0.3 is 19.9 Å². The first-order valence-corrected chi connectivity index (χ1v) is 6.25. The van der Waals surface area contributed by atoms with Crippen LogP contribution in [-0.4, -0.2) is 45.2 Å². The van der Waals surface area contributed by atoms with Gasteiger partial charge in [0.25, 0.3) is 0 Å². The lowest BCUT2D eigenvalue weighted by atomic mass is 9.86. The van der Waals surface area contributed by atoms with Gasteiger partial charge in [-0.15, -0.1) is 0 Å². The van der Waals surface area contributed by atoms with Gasteiger partial charge in [-0.05, 0) is 5.56 Å². The zero-order valence-electron chi connectivity index (χ0n) is 10.8. The average molecular weight is 251 g/mol. The van der Waals surface area contributed by atoms with Crippen molar-refractivity contribution in [1.29, 1.82) is 0 Å². The molecule has 2 rings (SSSR count). The number of nitrogens with one attached hydrogen (secondary N) is 1. The highest BCUT2D eigenvalue weighted by Crippen LogP contribution is 2.26. The Morgan fingerprint density at radius 1 is 1.39 bits per heavy atom. The zero-order chi connectivity index (χ0) is 12.8. The first-order valence-electron chi connectivity index (χ1n) is 6.25. The van der Waals surface area contributed by atoms with Crippen molar-refractivity contribution in [3.05, 3.63) is 35.9 Å². The summed E-state index contributed by atoms with van der Waals surface area (Å²) >= 11 is 0. The van der Waals surface area contributed by atoms with Crippen molar-refractivity contribution in [3.8, 4) is 0 Å². The van der Waals surface area contributed by atoms with Gasteiger partial charge in [0.05, 0.1) is 37.9 Å². The summed E-state index contributed by atoms with van der Waals surface area (Å²) < 4.78 is 10.4. The highest BCUT2D eigenvalue weighted by molar-refractivity contribution is 5.19. The maximum Gasteiger partial charge on any atom is 0.0657 e. The molecule has 1 atom stereocenters. The van der Waals surface area contributed by atoms with Gasteiger partial charge in [0, 0.05) is 13.7 Å². The zero-order valence-corrected chi connectivity index (χ0v) is 10.8. The molecule has 0 saturated carbocycles. The maximum absolute atomic E-state index is 9.40. The van der Waals surface area contributed by atoms with E-state index >= 15 is 0 Å². The van der Waals surface area contributed by atoms with E-state index in [-0.39, 0.29) is 18.1 Å². The summed E-state index contributed by atoms with van der Waals surface area (Å²) in [6, 6.07) is 10.4. The summed E-state index contributed by atoms with van der Waals surface area (Å²) in [5, 5.41) is 12.9. The van der Waals surface area contributed by atoms with Gasteiger partial charge in [-0.2, -0.15) is 0 Å². The number of aliphatic hydroxyl groups excluding tert-OH is 1. The Morgan fingerprint density at radius 2 is 2.11 bits per heavy atom. The van der Waals surface area contributed by atoms with Crippen LogP contribution in [0.15, 0.2) is 30.3 Å². The van der Waals surface area contributed by atoms with Crippen molar-refractivity contribution < 1.29 is 14.6 Å². The highest BCUT2D eigenvalue weighted by Gasteiger charge is 2.38. The second kappa shape index (κ2) is 6.29. The van der Waals surface area contributed by atoms with Crippen molar-refractivity contribution in [3.63, 3.8) is 0 Å². The Balaban J connectivity index is 1.94. The van der Waals surface area contributed by atoms with Gasteiger partial charge >= 0.3 is 0 Å². The maximum atomic E-state index is 9.40. The molecule has 1 aliphatic heterocycles. The summed E-state index contributed by atoms with van der Waals surface area (Å²) in [7, 11) is 1.70. The van der Waals surface area contributed by atoms with Crippen LogP contribution in [0.3, 0.4) is 0 Å². The predicted molar refractivity (Wildman–Crippen MR) is 69.4 cm³/mol. The van der Waals surface area contributed by atoms with Crippen molar-refractivity contribution >= 4 is 0 Å². The number of methoxy groups -OCH3 is 1. The summed E-state index contributed by atoms with van der Waals surface area (Å²) in [6.07, 6.45) is 0. The van der Waals surface area contributed by atoms with Gasteiger partial charge in [-0.25, -0.2) is 0 Å². The third-order valence-corrected chi connectivity index (χ3v) is 3.41. The number of benzene rings is 1. The van der Waals surface area contributed by atoms with Crippen LogP contribution in [0.25, 0.3) is 0 Å². The van der Waals surface area contributed by atoms with Crippen LogP contribution in [0, 0.1) is 5.41 Å². The van der Waals surface area contributed by atoms with Gasteiger partial charge in [-0.1, -0.05) is 30.3 Å². The predicted octanol–water partition coefficient (Wildman–Crippen LogP) is 0.973. The van der Waals surface area contributed by atoms with Crippen molar-refractivity contribution in [1.82, 2.24) is 5.32 Å². The summed E-state index contributed by atoms with van der Waals surface area (Å²) in [6.45, 7) is 2.78. The molecule has 0 aromatic heterocycles. The Labute approximate surface area is 108 Å². The molecular weight excluding hydrogens is 230 g/mol. The largest absolute Gasteiger partial charge is 0.396 e. The lowest BCUT2D eigenvalue weighted by Crippen LogP contribution is -2.53. The van der Waals surface area contributed by atoms with Gasteiger partial charge in [0.2, 0.25) is 0 Å². The number of hydrogen-bond acceptors (Lipinski definition) is 4. The Morgan fingerprint density at radius 3 is 2.61 bits per heavy atom. The molecule has 1 aliphatic rings. The molecule has 1 aromatic rings. The van der Waals surface area contributed by atoms with E-state index in [1.807, 2.05) is 18.2 Å². The van der Waals surface area contributed by atoms with Crippen LogP contribution >= 0.6 is 0 Å². The lowest BCUT2D eigenvalue weighted by molar-refractivity contribution is -0.135. The monoisotopic (exact) mass is 251 g/mol. The second-order valence-electron chi connectivity index (χ2n) is 4.95. The molecule has 0 bridgehead atoms. The van der Waals surface area contributed by atoms with Crippen LogP contribution in [0.2, 0.25) is 0 Å². The first-order chi connectivity index (χ1) is 8.79. The van der Waals surface area contributed by atoms with E-state index in [9.17, 15) is 5.11 Å². The SMILES string of the molecule is COCC(NCC1(CO)COC1)c1ccccc1. The standard InChI is InChI=1S/C14H21NO3/c1-17-7-13(12-5-3-2-4-6-12)15-8-14(9-16)10-18-11-14/h2-6,13,15-16H,7-11H2,1H3. The molecule has 2 N–H and O–H groups in total. The minimum atomic E-state index is -0.110. The number of hydrogen-bond donors (Lipinski definition) is 2. The number of rotatable bonds is 7. The molecular formula is C14H21NO3. The molecule has 1 unspecified atom stereocenters. The van der Waals surface area contributed by atoms with E-state index in [4.69, 9.17) is 9.47 Å². The molecule has 18 heavy (non-hydrogen) atoms. The van der Waals surface area contributed by atoms with Gasteiger partial charge in [0.15, 0.2) is 0 Å². The van der Waals surface area contributed by atoms with Crippen LogP contribution in [0.4, 0.5) is 0 Å². The first kappa shape index (κ1) is 13.5. The minimum Gasteiger partial charge on any atom is -0.396 e. The number of aliphatic hydroxyl groups is 1. The van der Waals surface area contributed by atoms with Crippen molar-refractivity contribution in [2.24, 2.45) is 5.41 Å². The fourth-order valence-electron chi connectivity index (χ4n) is 2.10. The van der Waals surface area contributed by atoms with E-state index in [2.05, 4.69) is 17.4 Å². The molecule has 0 spiro atoms. The average Bonchev–Trinajstić information content (AvgIpc) is 2.38. The van der Waals surface area contributed by atoms with Gasteiger partial charge in [-0.3, -0.25) is 0 Å². The fourth-order valence-corrected chi connectivity index (χ4v) is 2.10. The summed E-state index contributed by atoms with van der Waals surface area (Å²) in [5.41, 5.74) is 1.09. The van der Waals surface area contributed by atoms with Crippen LogP contribution in [0.5, 0.6) is 0 Å².